The molecule has 0 atom stereocenters. The van der Waals surface area contributed by atoms with E-state index in [-0.39, 0.29) is 5.78 Å². The summed E-state index contributed by atoms with van der Waals surface area (Å²) in [5, 5.41) is 0. The average Bonchev–Trinajstić information content (AvgIpc) is 2.28. The van der Waals surface area contributed by atoms with Crippen LogP contribution < -0.4 is 9.47 Å². The van der Waals surface area contributed by atoms with Crippen molar-refractivity contribution in [3.63, 3.8) is 0 Å². The molecule has 0 heterocycles. The molecular formula is C12H16O3S. The van der Waals surface area contributed by atoms with Crippen molar-refractivity contribution in [2.75, 3.05) is 20.0 Å². The Labute approximate surface area is 101 Å². The van der Waals surface area contributed by atoms with Gasteiger partial charge in [0.2, 0.25) is 0 Å². The summed E-state index contributed by atoms with van der Waals surface area (Å²) in [4.78, 5) is 11.8. The lowest BCUT2D eigenvalue weighted by atomic mass is 10.0. The molecule has 88 valence electrons. The number of hydrogen-bond acceptors (Lipinski definition) is 4. The Balaban J connectivity index is 3.15. The van der Waals surface area contributed by atoms with Gasteiger partial charge in [-0.15, -0.1) is 0 Å². The molecule has 1 rings (SSSR count). The molecule has 0 aliphatic rings. The lowest BCUT2D eigenvalue weighted by Gasteiger charge is -2.11. The van der Waals surface area contributed by atoms with E-state index in [1.807, 2.05) is 13.0 Å². The topological polar surface area (TPSA) is 35.5 Å². The van der Waals surface area contributed by atoms with Gasteiger partial charge in [0.1, 0.15) is 0 Å². The molecule has 0 N–H and O–H groups in total. The highest BCUT2D eigenvalue weighted by Gasteiger charge is 2.13. The number of ketones is 1. The highest BCUT2D eigenvalue weighted by Crippen LogP contribution is 2.30. The van der Waals surface area contributed by atoms with Crippen LogP contribution in [0.25, 0.3) is 0 Å². The summed E-state index contributed by atoms with van der Waals surface area (Å²) in [7, 11) is 3.13. The Morgan fingerprint density at radius 2 is 1.81 bits per heavy atom. The Bertz CT molecular complexity index is 388. The fraction of sp³-hybridized carbons (Fsp3) is 0.417. The van der Waals surface area contributed by atoms with Crippen molar-refractivity contribution in [3.05, 3.63) is 23.3 Å². The van der Waals surface area contributed by atoms with Crippen molar-refractivity contribution in [2.45, 2.75) is 13.3 Å². The van der Waals surface area contributed by atoms with Gasteiger partial charge in [-0.1, -0.05) is 0 Å². The third-order valence-electron chi connectivity index (χ3n) is 2.37. The van der Waals surface area contributed by atoms with Crippen molar-refractivity contribution >= 4 is 18.4 Å². The van der Waals surface area contributed by atoms with E-state index in [0.29, 0.717) is 29.2 Å². The van der Waals surface area contributed by atoms with Gasteiger partial charge < -0.3 is 9.47 Å². The van der Waals surface area contributed by atoms with E-state index >= 15 is 0 Å². The molecule has 0 saturated carbocycles. The third-order valence-corrected chi connectivity index (χ3v) is 2.59. The first-order valence-electron chi connectivity index (χ1n) is 5.00. The Morgan fingerprint density at radius 3 is 2.31 bits per heavy atom. The third kappa shape index (κ3) is 2.70. The molecule has 0 spiro atoms. The van der Waals surface area contributed by atoms with Crippen LogP contribution in [-0.2, 0) is 0 Å². The van der Waals surface area contributed by atoms with E-state index in [4.69, 9.17) is 9.47 Å². The van der Waals surface area contributed by atoms with Crippen LogP contribution in [0.1, 0.15) is 22.3 Å². The minimum Gasteiger partial charge on any atom is -0.493 e. The maximum atomic E-state index is 11.8. The second-order valence-corrected chi connectivity index (χ2v) is 3.87. The molecule has 0 bridgehead atoms. The van der Waals surface area contributed by atoms with E-state index in [2.05, 4.69) is 12.6 Å². The average molecular weight is 240 g/mol. The molecule has 0 radical (unpaired) electrons. The largest absolute Gasteiger partial charge is 0.493 e. The van der Waals surface area contributed by atoms with Crippen molar-refractivity contribution in [3.8, 4) is 11.5 Å². The SMILES string of the molecule is COc1cc(C)c(C(=O)CCS)cc1OC. The number of ether oxygens (including phenoxy) is 2. The molecule has 0 saturated heterocycles. The predicted octanol–water partition coefficient (Wildman–Crippen LogP) is 2.51. The van der Waals surface area contributed by atoms with Gasteiger partial charge >= 0.3 is 0 Å². The second-order valence-electron chi connectivity index (χ2n) is 3.42. The predicted molar refractivity (Wildman–Crippen MR) is 67.1 cm³/mol. The number of Topliss-reactive ketones (excluding diaryl/α,β-unsaturated/α-hetero) is 1. The molecule has 0 fully saturated rings. The van der Waals surface area contributed by atoms with Crippen molar-refractivity contribution in [1.29, 1.82) is 0 Å². The molecule has 16 heavy (non-hydrogen) atoms. The van der Waals surface area contributed by atoms with Gasteiger partial charge in [-0.25, -0.2) is 0 Å². The minimum atomic E-state index is 0.0773. The van der Waals surface area contributed by atoms with Crippen molar-refractivity contribution in [1.82, 2.24) is 0 Å². The summed E-state index contributed by atoms with van der Waals surface area (Å²) < 4.78 is 10.3. The maximum Gasteiger partial charge on any atom is 0.164 e. The van der Waals surface area contributed by atoms with Crippen LogP contribution in [0.2, 0.25) is 0 Å². The lowest BCUT2D eigenvalue weighted by Crippen LogP contribution is -2.04. The molecule has 3 nitrogen and oxygen atoms in total. The number of benzene rings is 1. The highest BCUT2D eigenvalue weighted by atomic mass is 32.1. The van der Waals surface area contributed by atoms with Crippen molar-refractivity contribution < 1.29 is 14.3 Å². The second kappa shape index (κ2) is 5.80. The smallest absolute Gasteiger partial charge is 0.164 e. The zero-order valence-electron chi connectivity index (χ0n) is 9.74. The van der Waals surface area contributed by atoms with Gasteiger partial charge in [0, 0.05) is 12.0 Å². The summed E-state index contributed by atoms with van der Waals surface area (Å²) in [5.41, 5.74) is 1.57. The highest BCUT2D eigenvalue weighted by molar-refractivity contribution is 7.80. The monoisotopic (exact) mass is 240 g/mol. The first kappa shape index (κ1) is 12.9. The number of hydrogen-bond donors (Lipinski definition) is 1. The normalized spacial score (nSPS) is 10.0. The summed E-state index contributed by atoms with van der Waals surface area (Å²) in [6, 6.07) is 3.53. The zero-order valence-corrected chi connectivity index (χ0v) is 10.6. The summed E-state index contributed by atoms with van der Waals surface area (Å²) in [6.07, 6.45) is 0.430. The summed E-state index contributed by atoms with van der Waals surface area (Å²) in [6.45, 7) is 1.88. The van der Waals surface area contributed by atoms with Gasteiger partial charge in [0.25, 0.3) is 0 Å². The van der Waals surface area contributed by atoms with Gasteiger partial charge in [-0.2, -0.15) is 12.6 Å². The van der Waals surface area contributed by atoms with Crippen LogP contribution in [-0.4, -0.2) is 25.8 Å². The number of methoxy groups -OCH3 is 2. The van der Waals surface area contributed by atoms with Crippen LogP contribution in [0, 0.1) is 6.92 Å². The molecule has 4 heteroatoms. The molecular weight excluding hydrogens is 224 g/mol. The van der Waals surface area contributed by atoms with E-state index < -0.39 is 0 Å². The van der Waals surface area contributed by atoms with Crippen LogP contribution >= 0.6 is 12.6 Å². The molecule has 0 aliphatic heterocycles. The van der Waals surface area contributed by atoms with Crippen LogP contribution in [0.3, 0.4) is 0 Å². The number of thiol groups is 1. The molecule has 0 amide bonds. The molecule has 1 aromatic carbocycles. The lowest BCUT2D eigenvalue weighted by molar-refractivity contribution is 0.0988. The number of rotatable bonds is 5. The molecule has 0 aliphatic carbocycles. The summed E-state index contributed by atoms with van der Waals surface area (Å²) >= 11 is 4.06. The van der Waals surface area contributed by atoms with E-state index in [9.17, 15) is 4.79 Å². The van der Waals surface area contributed by atoms with Crippen LogP contribution in [0.4, 0.5) is 0 Å². The van der Waals surface area contributed by atoms with Gasteiger partial charge in [0.15, 0.2) is 17.3 Å². The first-order valence-corrected chi connectivity index (χ1v) is 5.64. The fourth-order valence-corrected chi connectivity index (χ4v) is 1.72. The van der Waals surface area contributed by atoms with Gasteiger partial charge in [-0.3, -0.25) is 4.79 Å². The Kier molecular flexibility index (Phi) is 4.68. The van der Waals surface area contributed by atoms with E-state index in [1.54, 1.807) is 20.3 Å². The Hall–Kier alpha value is -1.16. The zero-order chi connectivity index (χ0) is 12.1. The summed E-state index contributed by atoms with van der Waals surface area (Å²) in [5.74, 6) is 1.85. The number of carbonyl (C=O) groups excluding carboxylic acids is 1. The Morgan fingerprint density at radius 1 is 1.25 bits per heavy atom. The van der Waals surface area contributed by atoms with Crippen LogP contribution in [0.15, 0.2) is 12.1 Å². The molecule has 1 aromatic rings. The first-order chi connectivity index (χ1) is 7.63. The quantitative estimate of drug-likeness (QED) is 0.634. The number of aryl methyl sites for hydroxylation is 1. The van der Waals surface area contributed by atoms with Crippen LogP contribution in [0.5, 0.6) is 11.5 Å². The molecule has 0 unspecified atom stereocenters. The maximum absolute atomic E-state index is 11.8. The standard InChI is InChI=1S/C12H16O3S/c1-8-6-11(14-2)12(15-3)7-9(8)10(13)4-5-16/h6-7,16H,4-5H2,1-3H3. The van der Waals surface area contributed by atoms with E-state index in [0.717, 1.165) is 5.56 Å². The number of carbonyl (C=O) groups is 1. The van der Waals surface area contributed by atoms with Gasteiger partial charge in [-0.05, 0) is 30.4 Å². The van der Waals surface area contributed by atoms with E-state index in [1.165, 1.54) is 0 Å². The van der Waals surface area contributed by atoms with Crippen molar-refractivity contribution in [2.24, 2.45) is 0 Å². The van der Waals surface area contributed by atoms with Gasteiger partial charge in [0.05, 0.1) is 14.2 Å². The minimum absolute atomic E-state index is 0.0773. The fourth-order valence-electron chi connectivity index (χ4n) is 1.52. The molecule has 0 aromatic heterocycles.